The van der Waals surface area contributed by atoms with Crippen molar-refractivity contribution in [1.29, 1.82) is 0 Å². The summed E-state index contributed by atoms with van der Waals surface area (Å²) in [5, 5.41) is 0. The summed E-state index contributed by atoms with van der Waals surface area (Å²) in [6.45, 7) is 2.67. The third-order valence-electron chi connectivity index (χ3n) is 4.34. The first-order chi connectivity index (χ1) is 7.99. The lowest BCUT2D eigenvalue weighted by molar-refractivity contribution is 0.532. The van der Waals surface area contributed by atoms with E-state index in [2.05, 4.69) is 0 Å². The maximum atomic E-state index is 12.1. The van der Waals surface area contributed by atoms with Crippen LogP contribution in [0.5, 0.6) is 0 Å². The van der Waals surface area contributed by atoms with Crippen molar-refractivity contribution in [1.82, 2.24) is 0 Å². The van der Waals surface area contributed by atoms with Gasteiger partial charge in [0, 0.05) is 5.41 Å². The highest BCUT2D eigenvalue weighted by Crippen LogP contribution is 2.60. The molecule has 1 spiro atoms. The van der Waals surface area contributed by atoms with Gasteiger partial charge in [0.15, 0.2) is 9.84 Å². The third kappa shape index (κ3) is 1.47. The van der Waals surface area contributed by atoms with Crippen molar-refractivity contribution in [3.63, 3.8) is 0 Å². The zero-order valence-corrected chi connectivity index (χ0v) is 10.8. The van der Waals surface area contributed by atoms with Gasteiger partial charge in [0.05, 0.1) is 10.6 Å². The molecule has 0 aromatic heterocycles. The largest absolute Gasteiger partial charge is 0.330 e. The summed E-state index contributed by atoms with van der Waals surface area (Å²) in [6.07, 6.45) is 1.79. The van der Waals surface area contributed by atoms with E-state index in [-0.39, 0.29) is 11.2 Å². The molecule has 3 rings (SSSR count). The van der Waals surface area contributed by atoms with Gasteiger partial charge in [0.25, 0.3) is 0 Å². The average Bonchev–Trinajstić information content (AvgIpc) is 2.99. The van der Waals surface area contributed by atoms with Crippen LogP contribution in [0, 0.1) is 12.8 Å². The van der Waals surface area contributed by atoms with Crippen molar-refractivity contribution in [3.8, 4) is 0 Å². The van der Waals surface area contributed by atoms with E-state index >= 15 is 0 Å². The fraction of sp³-hybridized carbons (Fsp3) is 0.538. The molecule has 92 valence electrons. The Hall–Kier alpha value is -0.870. The molecule has 3 nitrogen and oxygen atoms in total. The monoisotopic (exact) mass is 251 g/mol. The van der Waals surface area contributed by atoms with E-state index in [4.69, 9.17) is 5.73 Å². The molecule has 4 heteroatoms. The van der Waals surface area contributed by atoms with Crippen LogP contribution in [0.1, 0.15) is 24.0 Å². The molecule has 1 fully saturated rings. The Morgan fingerprint density at radius 2 is 2.24 bits per heavy atom. The van der Waals surface area contributed by atoms with Crippen LogP contribution in [0.15, 0.2) is 23.1 Å². The number of nitrogens with two attached hydrogens (primary N) is 1. The van der Waals surface area contributed by atoms with Crippen molar-refractivity contribution in [2.75, 3.05) is 12.3 Å². The molecule has 0 amide bonds. The van der Waals surface area contributed by atoms with Crippen molar-refractivity contribution >= 4 is 9.84 Å². The molecule has 1 aromatic carbocycles. The van der Waals surface area contributed by atoms with E-state index in [1.807, 2.05) is 19.1 Å². The molecule has 2 atom stereocenters. The van der Waals surface area contributed by atoms with Crippen LogP contribution in [0.3, 0.4) is 0 Å². The van der Waals surface area contributed by atoms with Gasteiger partial charge in [-0.2, -0.15) is 0 Å². The van der Waals surface area contributed by atoms with Crippen LogP contribution in [-0.2, 0) is 15.3 Å². The lowest BCUT2D eigenvalue weighted by Crippen LogP contribution is -2.28. The Morgan fingerprint density at radius 3 is 2.88 bits per heavy atom. The van der Waals surface area contributed by atoms with E-state index in [0.717, 1.165) is 24.0 Å². The second-order valence-electron chi connectivity index (χ2n) is 5.36. The molecule has 1 aliphatic heterocycles. The molecule has 1 aromatic rings. The van der Waals surface area contributed by atoms with Crippen LogP contribution in [0.25, 0.3) is 0 Å². The molecule has 2 unspecified atom stereocenters. The van der Waals surface area contributed by atoms with Crippen molar-refractivity contribution < 1.29 is 8.42 Å². The zero-order chi connectivity index (χ0) is 12.3. The Bertz CT molecular complexity index is 579. The van der Waals surface area contributed by atoms with Crippen LogP contribution in [0.4, 0.5) is 0 Å². The number of benzene rings is 1. The summed E-state index contributed by atoms with van der Waals surface area (Å²) >= 11 is 0. The van der Waals surface area contributed by atoms with E-state index in [9.17, 15) is 8.42 Å². The van der Waals surface area contributed by atoms with Crippen LogP contribution >= 0.6 is 0 Å². The molecule has 17 heavy (non-hydrogen) atoms. The summed E-state index contributed by atoms with van der Waals surface area (Å²) in [5.41, 5.74) is 7.98. The number of hydrogen-bond donors (Lipinski definition) is 1. The van der Waals surface area contributed by atoms with E-state index < -0.39 is 9.84 Å². The van der Waals surface area contributed by atoms with E-state index in [0.29, 0.717) is 17.4 Å². The predicted molar refractivity (Wildman–Crippen MR) is 66.7 cm³/mol. The number of aryl methyl sites for hydroxylation is 1. The van der Waals surface area contributed by atoms with Gasteiger partial charge in [0.2, 0.25) is 0 Å². The fourth-order valence-electron chi connectivity index (χ4n) is 3.19. The number of hydrogen-bond acceptors (Lipinski definition) is 3. The molecule has 0 radical (unpaired) electrons. The predicted octanol–water partition coefficient (Wildman–Crippen LogP) is 1.39. The highest BCUT2D eigenvalue weighted by atomic mass is 32.2. The molecule has 2 aliphatic rings. The van der Waals surface area contributed by atoms with E-state index in [1.165, 1.54) is 0 Å². The summed E-state index contributed by atoms with van der Waals surface area (Å²) in [5.74, 6) is 0.748. The highest BCUT2D eigenvalue weighted by Gasteiger charge is 2.57. The Labute approximate surface area is 102 Å². The summed E-state index contributed by atoms with van der Waals surface area (Å²) in [4.78, 5) is 0.547. The molecule has 0 saturated heterocycles. The van der Waals surface area contributed by atoms with Crippen LogP contribution < -0.4 is 5.73 Å². The van der Waals surface area contributed by atoms with Crippen molar-refractivity contribution in [2.24, 2.45) is 11.7 Å². The van der Waals surface area contributed by atoms with Crippen molar-refractivity contribution in [3.05, 3.63) is 29.3 Å². The lowest BCUT2D eigenvalue weighted by atomic mass is 9.89. The summed E-state index contributed by atoms with van der Waals surface area (Å²) in [6, 6.07) is 5.70. The molecular formula is C13H17NO2S. The first kappa shape index (κ1) is 11.2. The Kier molecular flexibility index (Phi) is 2.20. The first-order valence-electron chi connectivity index (χ1n) is 6.03. The molecular weight excluding hydrogens is 234 g/mol. The van der Waals surface area contributed by atoms with Gasteiger partial charge in [-0.15, -0.1) is 0 Å². The minimum atomic E-state index is -3.06. The first-order valence-corrected chi connectivity index (χ1v) is 7.69. The maximum absolute atomic E-state index is 12.1. The Morgan fingerprint density at radius 1 is 1.47 bits per heavy atom. The van der Waals surface area contributed by atoms with Crippen LogP contribution in [-0.4, -0.2) is 20.7 Å². The van der Waals surface area contributed by atoms with Crippen LogP contribution in [0.2, 0.25) is 0 Å². The van der Waals surface area contributed by atoms with E-state index in [1.54, 1.807) is 6.07 Å². The number of rotatable bonds is 1. The van der Waals surface area contributed by atoms with Gasteiger partial charge in [-0.25, -0.2) is 8.42 Å². The second-order valence-corrected chi connectivity index (χ2v) is 7.44. The van der Waals surface area contributed by atoms with Gasteiger partial charge >= 0.3 is 0 Å². The van der Waals surface area contributed by atoms with Crippen molar-refractivity contribution in [2.45, 2.75) is 30.1 Å². The lowest BCUT2D eigenvalue weighted by Gasteiger charge is -2.27. The molecule has 1 aliphatic carbocycles. The molecule has 2 N–H and O–H groups in total. The fourth-order valence-corrected chi connectivity index (χ4v) is 4.92. The Balaban J connectivity index is 2.21. The molecule has 1 saturated carbocycles. The van der Waals surface area contributed by atoms with Gasteiger partial charge < -0.3 is 5.73 Å². The smallest absolute Gasteiger partial charge is 0.178 e. The topological polar surface area (TPSA) is 60.2 Å². The normalized spacial score (nSPS) is 33.4. The average molecular weight is 251 g/mol. The number of fused-ring (bicyclic) bond motifs is 2. The summed E-state index contributed by atoms with van der Waals surface area (Å²) < 4.78 is 24.1. The quantitative estimate of drug-likeness (QED) is 0.820. The van der Waals surface area contributed by atoms with Gasteiger partial charge in [0.1, 0.15) is 0 Å². The van der Waals surface area contributed by atoms with Gasteiger partial charge in [-0.3, -0.25) is 0 Å². The SMILES string of the molecule is Cc1ccc2c(c1)C1(CCS2(=O)=O)CC1CN. The third-order valence-corrected chi connectivity index (χ3v) is 6.11. The maximum Gasteiger partial charge on any atom is 0.178 e. The molecule has 0 bridgehead atoms. The van der Waals surface area contributed by atoms with Gasteiger partial charge in [-0.1, -0.05) is 17.7 Å². The summed E-state index contributed by atoms with van der Waals surface area (Å²) in [7, 11) is -3.06. The zero-order valence-electron chi connectivity index (χ0n) is 9.94. The number of sulfone groups is 1. The second kappa shape index (κ2) is 3.33. The highest BCUT2D eigenvalue weighted by molar-refractivity contribution is 7.91. The standard InChI is InChI=1S/C13H17NO2S/c1-9-2-3-12-11(6-9)13(7-10(13)8-14)4-5-17(12,15)16/h2-3,6,10H,4-5,7-8,14H2,1H3. The molecule has 1 heterocycles. The van der Waals surface area contributed by atoms with Gasteiger partial charge in [-0.05, 0) is 43.9 Å². The minimum Gasteiger partial charge on any atom is -0.330 e. The minimum absolute atomic E-state index is 0.0709.